The van der Waals surface area contributed by atoms with E-state index in [9.17, 15) is 9.59 Å². The van der Waals surface area contributed by atoms with Crippen LogP contribution in [0.3, 0.4) is 0 Å². The second-order valence-corrected chi connectivity index (χ2v) is 16.7. The Morgan fingerprint density at radius 2 is 0.726 bits per heavy atom. The standard InChI is InChI=1S/C57H96O5/c1-4-7-10-13-16-19-22-24-26-27-28-29-30-32-34-37-40-43-46-49-52-60-53-55(62-57(59)51-48-45-42-39-35-21-18-15-12-9-6-3)54-61-56(58)50-47-44-41-38-36-33-31-25-23-20-17-14-11-8-5-2/h7-8,10-11,16-17,19-20,24-26,28-29,31-32,34,55H,4-6,9,12-15,18,21-23,27,30,33,35-54H2,1-3H3/b10-7-,11-8-,19-16-,20-17-,26-24-,29-28-,31-25-,34-32-. The van der Waals surface area contributed by atoms with Crippen molar-refractivity contribution in [3.63, 3.8) is 0 Å². The van der Waals surface area contributed by atoms with Crippen LogP contribution in [0.15, 0.2) is 97.2 Å². The fourth-order valence-corrected chi connectivity index (χ4v) is 6.84. The number of allylic oxidation sites excluding steroid dienone is 16. The molecule has 0 aliphatic rings. The number of ether oxygens (including phenoxy) is 3. The Balaban J connectivity index is 4.32. The summed E-state index contributed by atoms with van der Waals surface area (Å²) in [6.07, 6.45) is 69.9. The molecule has 0 aromatic heterocycles. The van der Waals surface area contributed by atoms with Crippen molar-refractivity contribution in [2.75, 3.05) is 19.8 Å². The van der Waals surface area contributed by atoms with Crippen LogP contribution in [-0.2, 0) is 23.8 Å². The molecule has 0 saturated heterocycles. The second-order valence-electron chi connectivity index (χ2n) is 16.7. The van der Waals surface area contributed by atoms with Gasteiger partial charge in [0.05, 0.1) is 6.61 Å². The van der Waals surface area contributed by atoms with Crippen LogP contribution in [0.4, 0.5) is 0 Å². The maximum Gasteiger partial charge on any atom is 0.306 e. The molecular weight excluding hydrogens is 765 g/mol. The summed E-state index contributed by atoms with van der Waals surface area (Å²) in [5.74, 6) is -0.433. The maximum absolute atomic E-state index is 12.8. The van der Waals surface area contributed by atoms with Gasteiger partial charge in [-0.25, -0.2) is 0 Å². The molecule has 1 unspecified atom stereocenters. The fourth-order valence-electron chi connectivity index (χ4n) is 6.84. The Morgan fingerprint density at radius 3 is 1.16 bits per heavy atom. The maximum atomic E-state index is 12.8. The molecule has 0 bridgehead atoms. The van der Waals surface area contributed by atoms with Crippen LogP contribution >= 0.6 is 0 Å². The molecule has 0 N–H and O–H groups in total. The summed E-state index contributed by atoms with van der Waals surface area (Å²) in [6, 6.07) is 0. The summed E-state index contributed by atoms with van der Waals surface area (Å²) >= 11 is 0. The molecule has 354 valence electrons. The summed E-state index contributed by atoms with van der Waals surface area (Å²) in [6.45, 7) is 7.52. The minimum Gasteiger partial charge on any atom is -0.462 e. The van der Waals surface area contributed by atoms with Crippen LogP contribution in [0.25, 0.3) is 0 Å². The summed E-state index contributed by atoms with van der Waals surface area (Å²) < 4.78 is 17.4. The predicted octanol–water partition coefficient (Wildman–Crippen LogP) is 17.5. The monoisotopic (exact) mass is 861 g/mol. The average Bonchev–Trinajstić information content (AvgIpc) is 3.27. The first-order valence-electron chi connectivity index (χ1n) is 25.8. The quantitative estimate of drug-likeness (QED) is 0.0347. The highest BCUT2D eigenvalue weighted by Crippen LogP contribution is 2.14. The Kier molecular flexibility index (Phi) is 49.5. The lowest BCUT2D eigenvalue weighted by atomic mass is 10.1. The molecule has 5 heteroatoms. The fraction of sp³-hybridized carbons (Fsp3) is 0.684. The number of unbranched alkanes of at least 4 members (excludes halogenated alkanes) is 19. The SMILES string of the molecule is CC/C=C\C/C=C\C/C=C\C/C=C\C/C=C\CCCCCCOCC(COC(=O)CCCCCCC/C=C\C/C=C\C/C=C\CC)OC(=O)CCCCCCCCCCCCC. The van der Waals surface area contributed by atoms with Crippen molar-refractivity contribution in [3.8, 4) is 0 Å². The van der Waals surface area contributed by atoms with Crippen LogP contribution in [0.5, 0.6) is 0 Å². The van der Waals surface area contributed by atoms with Gasteiger partial charge in [0.15, 0.2) is 6.10 Å². The first-order valence-corrected chi connectivity index (χ1v) is 25.8. The molecule has 5 nitrogen and oxygen atoms in total. The first-order chi connectivity index (χ1) is 30.6. The summed E-state index contributed by atoms with van der Waals surface area (Å²) in [5.41, 5.74) is 0. The molecule has 0 aromatic rings. The topological polar surface area (TPSA) is 61.8 Å². The third-order valence-electron chi connectivity index (χ3n) is 10.6. The van der Waals surface area contributed by atoms with Crippen LogP contribution in [0, 0.1) is 0 Å². The van der Waals surface area contributed by atoms with Crippen LogP contribution in [-0.4, -0.2) is 37.9 Å². The van der Waals surface area contributed by atoms with Gasteiger partial charge in [-0.2, -0.15) is 0 Å². The second kappa shape index (κ2) is 52.2. The van der Waals surface area contributed by atoms with E-state index in [0.717, 1.165) is 109 Å². The van der Waals surface area contributed by atoms with E-state index < -0.39 is 6.10 Å². The Bertz CT molecular complexity index is 1200. The first kappa shape index (κ1) is 58.8. The number of carbonyl (C=O) groups is 2. The smallest absolute Gasteiger partial charge is 0.306 e. The van der Waals surface area contributed by atoms with Crippen LogP contribution in [0.1, 0.15) is 226 Å². The highest BCUT2D eigenvalue weighted by Gasteiger charge is 2.17. The molecule has 0 aliphatic heterocycles. The lowest BCUT2D eigenvalue weighted by molar-refractivity contribution is -0.163. The normalized spacial score (nSPS) is 13.0. The molecule has 0 saturated carbocycles. The van der Waals surface area contributed by atoms with Gasteiger partial charge in [0, 0.05) is 19.4 Å². The zero-order valence-corrected chi connectivity index (χ0v) is 40.6. The van der Waals surface area contributed by atoms with E-state index in [-0.39, 0.29) is 25.2 Å². The van der Waals surface area contributed by atoms with Gasteiger partial charge >= 0.3 is 11.9 Å². The number of esters is 2. The van der Waals surface area contributed by atoms with Crippen molar-refractivity contribution in [1.29, 1.82) is 0 Å². The number of hydrogen-bond acceptors (Lipinski definition) is 5. The Morgan fingerprint density at radius 1 is 0.371 bits per heavy atom. The van der Waals surface area contributed by atoms with E-state index in [1.807, 2.05) is 0 Å². The van der Waals surface area contributed by atoms with Gasteiger partial charge in [0.25, 0.3) is 0 Å². The zero-order chi connectivity index (χ0) is 44.9. The van der Waals surface area contributed by atoms with Gasteiger partial charge < -0.3 is 14.2 Å². The van der Waals surface area contributed by atoms with Crippen molar-refractivity contribution >= 4 is 11.9 Å². The summed E-state index contributed by atoms with van der Waals surface area (Å²) in [4.78, 5) is 25.4. The molecular formula is C57H96O5. The predicted molar refractivity (Wildman–Crippen MR) is 270 cm³/mol. The van der Waals surface area contributed by atoms with Crippen molar-refractivity contribution < 1.29 is 23.8 Å². The van der Waals surface area contributed by atoms with Gasteiger partial charge in [-0.1, -0.05) is 214 Å². The van der Waals surface area contributed by atoms with Gasteiger partial charge in [-0.05, 0) is 96.3 Å². The lowest BCUT2D eigenvalue weighted by Crippen LogP contribution is -2.30. The molecule has 0 heterocycles. The van der Waals surface area contributed by atoms with E-state index in [2.05, 4.69) is 118 Å². The number of rotatable bonds is 46. The highest BCUT2D eigenvalue weighted by molar-refractivity contribution is 5.70. The molecule has 0 aliphatic carbocycles. The third kappa shape index (κ3) is 49.5. The molecule has 0 rings (SSSR count). The molecule has 0 spiro atoms. The van der Waals surface area contributed by atoms with Crippen molar-refractivity contribution in [2.45, 2.75) is 232 Å². The minimum atomic E-state index is -0.559. The van der Waals surface area contributed by atoms with E-state index >= 15 is 0 Å². The molecule has 0 aromatic carbocycles. The van der Waals surface area contributed by atoms with Gasteiger partial charge in [-0.3, -0.25) is 9.59 Å². The van der Waals surface area contributed by atoms with Crippen LogP contribution in [0.2, 0.25) is 0 Å². The molecule has 0 fully saturated rings. The molecule has 0 radical (unpaired) electrons. The molecule has 1 atom stereocenters. The number of hydrogen-bond donors (Lipinski definition) is 0. The van der Waals surface area contributed by atoms with Crippen LogP contribution < -0.4 is 0 Å². The molecule has 0 amide bonds. The summed E-state index contributed by atoms with van der Waals surface area (Å²) in [7, 11) is 0. The van der Waals surface area contributed by atoms with E-state index in [4.69, 9.17) is 14.2 Å². The van der Waals surface area contributed by atoms with E-state index in [0.29, 0.717) is 19.4 Å². The third-order valence-corrected chi connectivity index (χ3v) is 10.6. The van der Waals surface area contributed by atoms with Gasteiger partial charge in [0.1, 0.15) is 6.61 Å². The number of carbonyl (C=O) groups excluding carboxylic acids is 2. The average molecular weight is 861 g/mol. The van der Waals surface area contributed by atoms with Gasteiger partial charge in [0.2, 0.25) is 0 Å². The van der Waals surface area contributed by atoms with Crippen molar-refractivity contribution in [3.05, 3.63) is 97.2 Å². The minimum absolute atomic E-state index is 0.0625. The largest absolute Gasteiger partial charge is 0.462 e. The Hall–Kier alpha value is -3.18. The Labute approximate surface area is 383 Å². The summed E-state index contributed by atoms with van der Waals surface area (Å²) in [5, 5.41) is 0. The highest BCUT2D eigenvalue weighted by atomic mass is 16.6. The van der Waals surface area contributed by atoms with E-state index in [1.54, 1.807) is 0 Å². The molecule has 62 heavy (non-hydrogen) atoms. The van der Waals surface area contributed by atoms with Gasteiger partial charge in [-0.15, -0.1) is 0 Å². The van der Waals surface area contributed by atoms with Crippen molar-refractivity contribution in [1.82, 2.24) is 0 Å². The van der Waals surface area contributed by atoms with Crippen molar-refractivity contribution in [2.24, 2.45) is 0 Å². The van der Waals surface area contributed by atoms with E-state index in [1.165, 1.54) is 83.5 Å². The lowest BCUT2D eigenvalue weighted by Gasteiger charge is -2.18. The zero-order valence-electron chi connectivity index (χ0n) is 40.6.